The lowest BCUT2D eigenvalue weighted by Gasteiger charge is -2.33. The topological polar surface area (TPSA) is 47.3 Å². The average Bonchev–Trinajstić information content (AvgIpc) is 2.71. The van der Waals surface area contributed by atoms with Gasteiger partial charge in [0.15, 0.2) is 0 Å². The first-order chi connectivity index (χ1) is 9.67. The normalized spacial score (nSPS) is 21.1. The first-order valence-electron chi connectivity index (χ1n) is 7.66. The largest absolute Gasteiger partial charge is 0.389 e. The Labute approximate surface area is 121 Å². The van der Waals surface area contributed by atoms with Crippen molar-refractivity contribution < 1.29 is 5.11 Å². The maximum Gasteiger partial charge on any atom is 0.0992 e. The third kappa shape index (κ3) is 3.13. The smallest absolute Gasteiger partial charge is 0.0992 e. The number of hydrogen-bond donors (Lipinski definition) is 1. The summed E-state index contributed by atoms with van der Waals surface area (Å²) in [5.41, 5.74) is 2.65. The monoisotopic (exact) mass is 272 g/mol. The predicted octanol–water partition coefficient (Wildman–Crippen LogP) is 3.77. The maximum atomic E-state index is 10.0. The van der Waals surface area contributed by atoms with E-state index in [2.05, 4.69) is 17.9 Å². The van der Waals surface area contributed by atoms with Crippen molar-refractivity contribution in [2.24, 2.45) is 0 Å². The van der Waals surface area contributed by atoms with Crippen LogP contribution in [0, 0.1) is 11.3 Å². The molecule has 1 N–H and O–H groups in total. The number of rotatable bonds is 3. The highest BCUT2D eigenvalue weighted by molar-refractivity contribution is 5.59. The van der Waals surface area contributed by atoms with Crippen LogP contribution < -0.4 is 4.90 Å². The number of anilines is 1. The third-order valence-electron chi connectivity index (χ3n) is 4.27. The quantitative estimate of drug-likeness (QED) is 0.911. The van der Waals surface area contributed by atoms with Gasteiger partial charge in [-0.05, 0) is 38.3 Å². The van der Waals surface area contributed by atoms with E-state index in [4.69, 9.17) is 5.26 Å². The van der Waals surface area contributed by atoms with Gasteiger partial charge in [0, 0.05) is 23.8 Å². The average molecular weight is 272 g/mol. The zero-order valence-electron chi connectivity index (χ0n) is 12.5. The van der Waals surface area contributed by atoms with Crippen molar-refractivity contribution in [3.8, 4) is 6.07 Å². The second-order valence-corrected chi connectivity index (χ2v) is 5.67. The molecule has 0 spiro atoms. The maximum absolute atomic E-state index is 10.0. The molecule has 1 saturated heterocycles. The van der Waals surface area contributed by atoms with Gasteiger partial charge in [0.1, 0.15) is 0 Å². The summed E-state index contributed by atoms with van der Waals surface area (Å²) in [6.45, 7) is 5.04. The molecule has 1 heterocycles. The Morgan fingerprint density at radius 1 is 1.40 bits per heavy atom. The molecule has 1 fully saturated rings. The van der Waals surface area contributed by atoms with E-state index in [0.717, 1.165) is 24.2 Å². The van der Waals surface area contributed by atoms with Gasteiger partial charge in [-0.1, -0.05) is 25.8 Å². The van der Waals surface area contributed by atoms with Gasteiger partial charge >= 0.3 is 0 Å². The minimum Gasteiger partial charge on any atom is -0.389 e. The fourth-order valence-electron chi connectivity index (χ4n) is 3.13. The van der Waals surface area contributed by atoms with Crippen molar-refractivity contribution in [1.82, 2.24) is 0 Å². The summed E-state index contributed by atoms with van der Waals surface area (Å²) in [4.78, 5) is 2.41. The zero-order valence-corrected chi connectivity index (χ0v) is 12.5. The SMILES string of the molecule is CCC1CCCCCN1c1cc(C#N)ccc1C(C)O. The van der Waals surface area contributed by atoms with E-state index in [9.17, 15) is 5.11 Å². The Balaban J connectivity index is 2.44. The van der Waals surface area contributed by atoms with E-state index in [1.807, 2.05) is 12.1 Å². The molecule has 3 nitrogen and oxygen atoms in total. The molecular weight excluding hydrogens is 248 g/mol. The Kier molecular flexibility index (Phi) is 5.03. The molecular formula is C17H24N2O. The lowest BCUT2D eigenvalue weighted by molar-refractivity contribution is 0.199. The van der Waals surface area contributed by atoms with E-state index in [-0.39, 0.29) is 0 Å². The van der Waals surface area contributed by atoms with Gasteiger partial charge in [0.05, 0.1) is 17.7 Å². The molecule has 0 bridgehead atoms. The minimum absolute atomic E-state index is 0.501. The molecule has 0 amide bonds. The molecule has 0 saturated carbocycles. The highest BCUT2D eigenvalue weighted by Crippen LogP contribution is 2.32. The summed E-state index contributed by atoms with van der Waals surface area (Å²) < 4.78 is 0. The highest BCUT2D eigenvalue weighted by Gasteiger charge is 2.23. The molecule has 1 aliphatic heterocycles. The van der Waals surface area contributed by atoms with Crippen molar-refractivity contribution in [2.45, 2.75) is 58.1 Å². The summed E-state index contributed by atoms with van der Waals surface area (Å²) in [5.74, 6) is 0. The third-order valence-corrected chi connectivity index (χ3v) is 4.27. The van der Waals surface area contributed by atoms with Crippen LogP contribution in [0.4, 0.5) is 5.69 Å². The van der Waals surface area contributed by atoms with E-state index in [0.29, 0.717) is 11.6 Å². The van der Waals surface area contributed by atoms with E-state index in [1.54, 1.807) is 13.0 Å². The molecule has 20 heavy (non-hydrogen) atoms. The molecule has 0 radical (unpaired) electrons. The Bertz CT molecular complexity index is 490. The molecule has 2 unspecified atom stereocenters. The van der Waals surface area contributed by atoms with Gasteiger partial charge in [0.2, 0.25) is 0 Å². The number of nitrogens with zero attached hydrogens (tertiary/aromatic N) is 2. The van der Waals surface area contributed by atoms with Crippen LogP contribution in [0.1, 0.15) is 63.2 Å². The minimum atomic E-state index is -0.501. The second-order valence-electron chi connectivity index (χ2n) is 5.67. The van der Waals surface area contributed by atoms with Gasteiger partial charge in [-0.2, -0.15) is 5.26 Å². The number of nitriles is 1. The number of aliphatic hydroxyl groups is 1. The molecule has 0 aliphatic carbocycles. The van der Waals surface area contributed by atoms with E-state index < -0.39 is 6.10 Å². The van der Waals surface area contributed by atoms with E-state index in [1.165, 1.54) is 25.7 Å². The Morgan fingerprint density at radius 3 is 2.85 bits per heavy atom. The molecule has 3 heteroatoms. The zero-order chi connectivity index (χ0) is 14.5. The van der Waals surface area contributed by atoms with Crippen molar-refractivity contribution in [1.29, 1.82) is 5.26 Å². The van der Waals surface area contributed by atoms with Crippen LogP contribution in [0.2, 0.25) is 0 Å². The molecule has 2 atom stereocenters. The lowest BCUT2D eigenvalue weighted by Crippen LogP contribution is -2.35. The van der Waals surface area contributed by atoms with Crippen LogP contribution in [-0.4, -0.2) is 17.7 Å². The van der Waals surface area contributed by atoms with Crippen molar-refractivity contribution in [3.63, 3.8) is 0 Å². The standard InChI is InChI=1S/C17H24N2O/c1-3-15-7-5-4-6-10-19(15)17-11-14(12-18)8-9-16(17)13(2)20/h8-9,11,13,15,20H,3-7,10H2,1-2H3. The number of benzene rings is 1. The van der Waals surface area contributed by atoms with Crippen LogP contribution in [0.5, 0.6) is 0 Å². The van der Waals surface area contributed by atoms with Crippen LogP contribution in [0.25, 0.3) is 0 Å². The summed E-state index contributed by atoms with van der Waals surface area (Å²) in [6, 6.07) is 8.37. The highest BCUT2D eigenvalue weighted by atomic mass is 16.3. The number of aliphatic hydroxyl groups excluding tert-OH is 1. The fraction of sp³-hybridized carbons (Fsp3) is 0.588. The van der Waals surface area contributed by atoms with Gasteiger partial charge in [-0.25, -0.2) is 0 Å². The molecule has 1 aliphatic rings. The Hall–Kier alpha value is -1.53. The van der Waals surface area contributed by atoms with Crippen LogP contribution in [0.15, 0.2) is 18.2 Å². The van der Waals surface area contributed by atoms with Crippen LogP contribution in [-0.2, 0) is 0 Å². The van der Waals surface area contributed by atoms with Gasteiger partial charge in [0.25, 0.3) is 0 Å². The lowest BCUT2D eigenvalue weighted by atomic mass is 10.0. The molecule has 1 aromatic rings. The summed E-state index contributed by atoms with van der Waals surface area (Å²) in [5, 5.41) is 19.2. The first kappa shape index (κ1) is 14.9. The summed E-state index contributed by atoms with van der Waals surface area (Å²) >= 11 is 0. The second kappa shape index (κ2) is 6.76. The van der Waals surface area contributed by atoms with Crippen LogP contribution in [0.3, 0.4) is 0 Å². The Morgan fingerprint density at radius 2 is 2.20 bits per heavy atom. The van der Waals surface area contributed by atoms with Crippen LogP contribution >= 0.6 is 0 Å². The van der Waals surface area contributed by atoms with Crippen molar-refractivity contribution >= 4 is 5.69 Å². The first-order valence-corrected chi connectivity index (χ1v) is 7.66. The van der Waals surface area contributed by atoms with Gasteiger partial charge < -0.3 is 10.0 Å². The molecule has 0 aromatic heterocycles. The predicted molar refractivity (Wildman–Crippen MR) is 81.7 cm³/mol. The summed E-state index contributed by atoms with van der Waals surface area (Å²) in [7, 11) is 0. The van der Waals surface area contributed by atoms with Crippen molar-refractivity contribution in [2.75, 3.05) is 11.4 Å². The van der Waals surface area contributed by atoms with E-state index >= 15 is 0 Å². The fourth-order valence-corrected chi connectivity index (χ4v) is 3.13. The number of hydrogen-bond acceptors (Lipinski definition) is 3. The van der Waals surface area contributed by atoms with Gasteiger partial charge in [-0.15, -0.1) is 0 Å². The molecule has 1 aromatic carbocycles. The molecule has 108 valence electrons. The van der Waals surface area contributed by atoms with Crippen molar-refractivity contribution in [3.05, 3.63) is 29.3 Å². The van der Waals surface area contributed by atoms with Gasteiger partial charge in [-0.3, -0.25) is 0 Å². The molecule has 2 rings (SSSR count). The summed E-state index contributed by atoms with van der Waals surface area (Å²) in [6.07, 6.45) is 5.54.